The van der Waals surface area contributed by atoms with Crippen molar-refractivity contribution in [2.75, 3.05) is 38.0 Å². The number of amides is 2. The van der Waals surface area contributed by atoms with Gasteiger partial charge in [-0.05, 0) is 57.3 Å². The molecular formula is C17H26N4O. The molecule has 1 aromatic rings. The number of likely N-dealkylation sites (tertiary alicyclic amines) is 2. The summed E-state index contributed by atoms with van der Waals surface area (Å²) in [6.07, 6.45) is 6.87. The summed E-state index contributed by atoms with van der Waals surface area (Å²) < 4.78 is 0. The zero-order valence-electron chi connectivity index (χ0n) is 13.4. The average Bonchev–Trinajstić information content (AvgIpc) is 2.99. The number of nitrogens with zero attached hydrogens (tertiary/aromatic N) is 3. The second kappa shape index (κ2) is 7.09. The Morgan fingerprint density at radius 2 is 2.09 bits per heavy atom. The molecule has 2 saturated heterocycles. The first-order chi connectivity index (χ1) is 10.7. The van der Waals surface area contributed by atoms with Crippen LogP contribution >= 0.6 is 0 Å². The van der Waals surface area contributed by atoms with Gasteiger partial charge in [-0.25, -0.2) is 4.79 Å². The van der Waals surface area contributed by atoms with Gasteiger partial charge < -0.3 is 15.1 Å². The number of aryl methyl sites for hydroxylation is 1. The molecule has 3 rings (SSSR count). The molecule has 120 valence electrons. The highest BCUT2D eigenvalue weighted by Gasteiger charge is 2.28. The van der Waals surface area contributed by atoms with Crippen LogP contribution in [0.3, 0.4) is 0 Å². The maximum absolute atomic E-state index is 12.3. The number of hydrogen-bond donors (Lipinski definition) is 1. The second-order valence-corrected chi connectivity index (χ2v) is 6.58. The van der Waals surface area contributed by atoms with Crippen molar-refractivity contribution in [2.45, 2.75) is 32.6 Å². The molecule has 0 saturated carbocycles. The first-order valence-electron chi connectivity index (χ1n) is 8.41. The Balaban J connectivity index is 1.47. The number of carbonyl (C=O) groups is 1. The minimum absolute atomic E-state index is 0.00629. The van der Waals surface area contributed by atoms with Gasteiger partial charge in [-0.2, -0.15) is 0 Å². The fourth-order valence-electron chi connectivity index (χ4n) is 3.42. The van der Waals surface area contributed by atoms with Gasteiger partial charge in [0.25, 0.3) is 0 Å². The van der Waals surface area contributed by atoms with E-state index in [4.69, 9.17) is 0 Å². The van der Waals surface area contributed by atoms with E-state index < -0.39 is 0 Å². The molecule has 0 radical (unpaired) electrons. The van der Waals surface area contributed by atoms with E-state index in [0.29, 0.717) is 5.92 Å². The van der Waals surface area contributed by atoms with Crippen molar-refractivity contribution < 1.29 is 4.79 Å². The molecule has 0 aliphatic carbocycles. The first kappa shape index (κ1) is 15.3. The van der Waals surface area contributed by atoms with Gasteiger partial charge in [0.15, 0.2) is 0 Å². The maximum atomic E-state index is 12.3. The van der Waals surface area contributed by atoms with Gasteiger partial charge in [0.2, 0.25) is 0 Å². The van der Waals surface area contributed by atoms with E-state index in [1.807, 2.05) is 24.0 Å². The Bertz CT molecular complexity index is 496. The number of hydrogen-bond acceptors (Lipinski definition) is 3. The van der Waals surface area contributed by atoms with Gasteiger partial charge in [-0.15, -0.1) is 0 Å². The number of carbonyl (C=O) groups excluding carboxylic acids is 1. The highest BCUT2D eigenvalue weighted by molar-refractivity contribution is 5.89. The van der Waals surface area contributed by atoms with Crippen molar-refractivity contribution in [1.82, 2.24) is 14.8 Å². The van der Waals surface area contributed by atoms with Crippen LogP contribution in [-0.2, 0) is 0 Å². The Kier molecular flexibility index (Phi) is 4.93. The first-order valence-corrected chi connectivity index (χ1v) is 8.41. The summed E-state index contributed by atoms with van der Waals surface area (Å²) in [5.74, 6) is 0.625. The summed E-state index contributed by atoms with van der Waals surface area (Å²) in [6.45, 7) is 7.30. The van der Waals surface area contributed by atoms with Crippen molar-refractivity contribution >= 4 is 11.7 Å². The summed E-state index contributed by atoms with van der Waals surface area (Å²) in [5, 5.41) is 2.95. The van der Waals surface area contributed by atoms with Crippen LogP contribution in [0.5, 0.6) is 0 Å². The molecule has 0 aromatic carbocycles. The molecule has 1 aromatic heterocycles. The van der Waals surface area contributed by atoms with E-state index in [-0.39, 0.29) is 6.03 Å². The van der Waals surface area contributed by atoms with Crippen molar-refractivity contribution in [3.63, 3.8) is 0 Å². The van der Waals surface area contributed by atoms with E-state index in [1.165, 1.54) is 32.4 Å². The van der Waals surface area contributed by atoms with Gasteiger partial charge in [0.05, 0.1) is 11.9 Å². The fourth-order valence-corrected chi connectivity index (χ4v) is 3.42. The smallest absolute Gasteiger partial charge is 0.321 e. The lowest BCUT2D eigenvalue weighted by molar-refractivity contribution is 0.192. The normalized spacial score (nSPS) is 22.8. The van der Waals surface area contributed by atoms with Crippen molar-refractivity contribution in [3.8, 4) is 0 Å². The highest BCUT2D eigenvalue weighted by atomic mass is 16.2. The van der Waals surface area contributed by atoms with E-state index >= 15 is 0 Å². The van der Waals surface area contributed by atoms with Crippen LogP contribution < -0.4 is 5.32 Å². The van der Waals surface area contributed by atoms with Gasteiger partial charge in [-0.3, -0.25) is 4.98 Å². The summed E-state index contributed by atoms with van der Waals surface area (Å²) >= 11 is 0. The van der Waals surface area contributed by atoms with Crippen molar-refractivity contribution in [1.29, 1.82) is 0 Å². The van der Waals surface area contributed by atoms with Crippen LogP contribution in [0.1, 0.15) is 31.4 Å². The van der Waals surface area contributed by atoms with E-state index in [1.54, 1.807) is 6.20 Å². The van der Waals surface area contributed by atoms with Gasteiger partial charge in [0.1, 0.15) is 0 Å². The van der Waals surface area contributed by atoms with E-state index in [0.717, 1.165) is 37.4 Å². The van der Waals surface area contributed by atoms with E-state index in [9.17, 15) is 4.79 Å². The Morgan fingerprint density at radius 1 is 1.27 bits per heavy atom. The minimum atomic E-state index is 0.00629. The molecule has 2 fully saturated rings. The van der Waals surface area contributed by atoms with Crippen LogP contribution in [0, 0.1) is 12.8 Å². The maximum Gasteiger partial charge on any atom is 0.321 e. The molecule has 3 heterocycles. The summed E-state index contributed by atoms with van der Waals surface area (Å²) in [6, 6.07) is 3.83. The van der Waals surface area contributed by atoms with Gasteiger partial charge in [-0.1, -0.05) is 6.42 Å². The topological polar surface area (TPSA) is 48.5 Å². The van der Waals surface area contributed by atoms with Crippen LogP contribution in [0.15, 0.2) is 18.3 Å². The quantitative estimate of drug-likeness (QED) is 0.934. The molecule has 2 aliphatic heterocycles. The van der Waals surface area contributed by atoms with Crippen LogP contribution in [-0.4, -0.2) is 53.5 Å². The number of pyridine rings is 1. The lowest BCUT2D eigenvalue weighted by atomic mass is 10.1. The summed E-state index contributed by atoms with van der Waals surface area (Å²) in [5.41, 5.74) is 1.73. The number of anilines is 1. The molecular weight excluding hydrogens is 276 g/mol. The standard InChI is InChI=1S/C17H26N4O/c1-14-5-6-16(11-18-14)19-17(22)21-10-7-15(13-21)12-20-8-3-2-4-9-20/h5-6,11,15H,2-4,7-10,12-13H2,1H3,(H,19,22). The Morgan fingerprint density at radius 3 is 2.82 bits per heavy atom. The molecule has 0 bridgehead atoms. The third-order valence-electron chi connectivity index (χ3n) is 4.70. The lowest BCUT2D eigenvalue weighted by Crippen LogP contribution is -2.37. The van der Waals surface area contributed by atoms with Crippen LogP contribution in [0.2, 0.25) is 0 Å². The third-order valence-corrected chi connectivity index (χ3v) is 4.70. The van der Waals surface area contributed by atoms with Gasteiger partial charge >= 0.3 is 6.03 Å². The number of urea groups is 1. The molecule has 5 nitrogen and oxygen atoms in total. The highest BCUT2D eigenvalue weighted by Crippen LogP contribution is 2.20. The molecule has 5 heteroatoms. The number of rotatable bonds is 3. The number of aromatic nitrogens is 1. The predicted molar refractivity (Wildman–Crippen MR) is 88.0 cm³/mol. The zero-order valence-corrected chi connectivity index (χ0v) is 13.4. The van der Waals surface area contributed by atoms with Crippen molar-refractivity contribution in [2.24, 2.45) is 5.92 Å². The van der Waals surface area contributed by atoms with Gasteiger partial charge in [0, 0.05) is 25.3 Å². The fraction of sp³-hybridized carbons (Fsp3) is 0.647. The Hall–Kier alpha value is -1.62. The largest absolute Gasteiger partial charge is 0.324 e. The summed E-state index contributed by atoms with van der Waals surface area (Å²) in [4.78, 5) is 21.0. The van der Waals surface area contributed by atoms with Crippen LogP contribution in [0.25, 0.3) is 0 Å². The van der Waals surface area contributed by atoms with E-state index in [2.05, 4.69) is 15.2 Å². The molecule has 2 aliphatic rings. The number of nitrogens with one attached hydrogen (secondary N) is 1. The monoisotopic (exact) mass is 302 g/mol. The third kappa shape index (κ3) is 3.97. The number of piperidine rings is 1. The molecule has 0 spiro atoms. The van der Waals surface area contributed by atoms with Crippen LogP contribution in [0.4, 0.5) is 10.5 Å². The minimum Gasteiger partial charge on any atom is -0.324 e. The lowest BCUT2D eigenvalue weighted by Gasteiger charge is -2.29. The molecule has 1 atom stereocenters. The Labute approximate surface area is 132 Å². The molecule has 1 N–H and O–H groups in total. The molecule has 1 unspecified atom stereocenters. The second-order valence-electron chi connectivity index (χ2n) is 6.58. The molecule has 2 amide bonds. The summed E-state index contributed by atoms with van der Waals surface area (Å²) in [7, 11) is 0. The SMILES string of the molecule is Cc1ccc(NC(=O)N2CCC(CN3CCCCC3)C2)cn1. The average molecular weight is 302 g/mol. The van der Waals surface area contributed by atoms with Crippen molar-refractivity contribution in [3.05, 3.63) is 24.0 Å². The zero-order chi connectivity index (χ0) is 15.4. The predicted octanol–water partition coefficient (Wildman–Crippen LogP) is 2.73. The molecule has 22 heavy (non-hydrogen) atoms.